The Labute approximate surface area is 50.7 Å². The normalized spacial score (nSPS) is 6.75. The first-order valence-electron chi connectivity index (χ1n) is 2.22. The molecule has 2 nitrogen and oxygen atoms in total. The van der Waals surface area contributed by atoms with Gasteiger partial charge in [0.05, 0.1) is 0 Å². The molecule has 2 heteroatoms. The molecule has 0 rings (SSSR count). The quantitative estimate of drug-likeness (QED) is 0.508. The van der Waals surface area contributed by atoms with Gasteiger partial charge < -0.3 is 11.9 Å². The highest BCUT2D eigenvalue weighted by Crippen LogP contribution is 1.90. The van der Waals surface area contributed by atoms with E-state index >= 15 is 0 Å². The molecule has 0 heterocycles. The molecule has 0 atom stereocenters. The van der Waals surface area contributed by atoms with Crippen LogP contribution in [0.25, 0.3) is 0 Å². The third kappa shape index (κ3) is 8.97. The van der Waals surface area contributed by atoms with Gasteiger partial charge in [0.1, 0.15) is 0 Å². The van der Waals surface area contributed by atoms with E-state index in [2.05, 4.69) is 6.58 Å². The van der Waals surface area contributed by atoms with Crippen molar-refractivity contribution < 1.29 is 0 Å². The van der Waals surface area contributed by atoms with Gasteiger partial charge in [-0.3, -0.25) is 0 Å². The van der Waals surface area contributed by atoms with E-state index in [1.54, 1.807) is 0 Å². The number of rotatable bonds is 1. The fourth-order valence-corrected chi connectivity index (χ4v) is 0.371. The molecule has 8 heavy (non-hydrogen) atoms. The lowest BCUT2D eigenvalue weighted by molar-refractivity contribution is 1.33. The van der Waals surface area contributed by atoms with Crippen LogP contribution in [0.4, 0.5) is 0 Å². The van der Waals surface area contributed by atoms with E-state index in [-0.39, 0.29) is 6.15 Å². The zero-order valence-electron chi connectivity index (χ0n) is 5.57. The van der Waals surface area contributed by atoms with E-state index in [9.17, 15) is 0 Å². The number of allylic oxidation sites excluding steroid dienone is 2. The Morgan fingerprint density at radius 2 is 1.88 bits per heavy atom. The van der Waals surface area contributed by atoms with Crippen molar-refractivity contribution >= 4 is 0 Å². The monoisotopic (exact) mass is 114 g/mol. The highest BCUT2D eigenvalue weighted by atomic mass is 14.5. The fraction of sp³-hybridized carbons (Fsp3) is 0.333. The first-order chi connectivity index (χ1) is 3.13. The minimum Gasteiger partial charge on any atom is -0.399 e. The van der Waals surface area contributed by atoms with Crippen LogP contribution in [0.15, 0.2) is 23.9 Å². The standard InChI is InChI=1S/C6H11N.H3N/c1-5(2)4-6(3)7;/h4H,3,7H2,1-2H3;1H3. The second kappa shape index (κ2) is 4.40. The zero-order valence-corrected chi connectivity index (χ0v) is 5.57. The summed E-state index contributed by atoms with van der Waals surface area (Å²) < 4.78 is 0. The fourth-order valence-electron chi connectivity index (χ4n) is 0.371. The SMILES string of the molecule is C=C(N)C=C(C)C.N. The molecule has 0 aliphatic carbocycles. The second-order valence-corrected chi connectivity index (χ2v) is 1.80. The van der Waals surface area contributed by atoms with Crippen LogP contribution in [0.5, 0.6) is 0 Å². The Morgan fingerprint density at radius 3 is 1.88 bits per heavy atom. The summed E-state index contributed by atoms with van der Waals surface area (Å²) >= 11 is 0. The lowest BCUT2D eigenvalue weighted by atomic mass is 10.3. The molecule has 0 aromatic heterocycles. The van der Waals surface area contributed by atoms with E-state index in [1.165, 1.54) is 5.57 Å². The Hall–Kier alpha value is -0.760. The van der Waals surface area contributed by atoms with Gasteiger partial charge in [0.15, 0.2) is 0 Å². The summed E-state index contributed by atoms with van der Waals surface area (Å²) in [5, 5.41) is 0. The average Bonchev–Trinajstić information content (AvgIpc) is 1.27. The summed E-state index contributed by atoms with van der Waals surface area (Å²) in [6.45, 7) is 7.46. The van der Waals surface area contributed by atoms with Crippen LogP contribution in [0.2, 0.25) is 0 Å². The second-order valence-electron chi connectivity index (χ2n) is 1.80. The maximum atomic E-state index is 5.22. The van der Waals surface area contributed by atoms with Crippen molar-refractivity contribution in [1.29, 1.82) is 0 Å². The van der Waals surface area contributed by atoms with Crippen LogP contribution in [0.3, 0.4) is 0 Å². The Bertz CT molecular complexity index is 99.1. The van der Waals surface area contributed by atoms with E-state index < -0.39 is 0 Å². The van der Waals surface area contributed by atoms with Crippen molar-refractivity contribution in [3.05, 3.63) is 23.9 Å². The minimum absolute atomic E-state index is 0. The van der Waals surface area contributed by atoms with Crippen molar-refractivity contribution in [3.63, 3.8) is 0 Å². The summed E-state index contributed by atoms with van der Waals surface area (Å²) in [7, 11) is 0. The molecule has 0 fully saturated rings. The largest absolute Gasteiger partial charge is 0.399 e. The molecular weight excluding hydrogens is 100 g/mol. The maximum absolute atomic E-state index is 5.22. The summed E-state index contributed by atoms with van der Waals surface area (Å²) in [6, 6.07) is 0. The molecular formula is C6H14N2. The molecule has 0 bridgehead atoms. The van der Waals surface area contributed by atoms with Crippen LogP contribution in [-0.2, 0) is 0 Å². The van der Waals surface area contributed by atoms with E-state index in [0.717, 1.165) is 0 Å². The van der Waals surface area contributed by atoms with Crippen molar-refractivity contribution in [2.24, 2.45) is 5.73 Å². The van der Waals surface area contributed by atoms with Gasteiger partial charge in [0, 0.05) is 5.70 Å². The van der Waals surface area contributed by atoms with E-state index in [4.69, 9.17) is 5.73 Å². The third-order valence-corrected chi connectivity index (χ3v) is 0.474. The average molecular weight is 114 g/mol. The Kier molecular flexibility index (Phi) is 5.65. The number of hydrogen-bond acceptors (Lipinski definition) is 2. The van der Waals surface area contributed by atoms with Crippen molar-refractivity contribution in [1.82, 2.24) is 6.15 Å². The summed E-state index contributed by atoms with van der Waals surface area (Å²) in [4.78, 5) is 0. The van der Waals surface area contributed by atoms with Gasteiger partial charge in [-0.25, -0.2) is 0 Å². The molecule has 0 radical (unpaired) electrons. The highest BCUT2D eigenvalue weighted by Gasteiger charge is 1.74. The number of nitrogens with two attached hydrogens (primary N) is 1. The summed E-state index contributed by atoms with van der Waals surface area (Å²) in [5.74, 6) is 0. The minimum atomic E-state index is 0. The predicted octanol–water partition coefficient (Wildman–Crippen LogP) is 1.59. The van der Waals surface area contributed by atoms with Crippen LogP contribution in [-0.4, -0.2) is 0 Å². The lowest BCUT2D eigenvalue weighted by Crippen LogP contribution is -1.88. The molecule has 0 aliphatic rings. The van der Waals surface area contributed by atoms with E-state index in [0.29, 0.717) is 5.70 Å². The molecule has 0 aliphatic heterocycles. The van der Waals surface area contributed by atoms with Gasteiger partial charge in [0.25, 0.3) is 0 Å². The zero-order chi connectivity index (χ0) is 5.86. The smallest absolute Gasteiger partial charge is 0.0240 e. The molecule has 48 valence electrons. The van der Waals surface area contributed by atoms with Gasteiger partial charge in [-0.2, -0.15) is 0 Å². The first-order valence-corrected chi connectivity index (χ1v) is 2.22. The van der Waals surface area contributed by atoms with Crippen LogP contribution in [0.1, 0.15) is 13.8 Å². The third-order valence-electron chi connectivity index (χ3n) is 0.474. The lowest BCUT2D eigenvalue weighted by Gasteiger charge is -1.86. The highest BCUT2D eigenvalue weighted by molar-refractivity contribution is 5.14. The van der Waals surface area contributed by atoms with Gasteiger partial charge in [-0.15, -0.1) is 0 Å². The van der Waals surface area contributed by atoms with Crippen molar-refractivity contribution in [3.8, 4) is 0 Å². The maximum Gasteiger partial charge on any atom is 0.0240 e. The Balaban J connectivity index is 0. The molecule has 0 amide bonds. The first kappa shape index (κ1) is 10.3. The molecule has 0 saturated carbocycles. The molecule has 0 aromatic rings. The van der Waals surface area contributed by atoms with Crippen LogP contribution < -0.4 is 11.9 Å². The van der Waals surface area contributed by atoms with Gasteiger partial charge in [0.2, 0.25) is 0 Å². The summed E-state index contributed by atoms with van der Waals surface area (Å²) in [5.41, 5.74) is 7.04. The van der Waals surface area contributed by atoms with Crippen molar-refractivity contribution in [2.75, 3.05) is 0 Å². The molecule has 5 N–H and O–H groups in total. The topological polar surface area (TPSA) is 61.0 Å². The van der Waals surface area contributed by atoms with Gasteiger partial charge in [-0.1, -0.05) is 12.2 Å². The summed E-state index contributed by atoms with van der Waals surface area (Å²) in [6.07, 6.45) is 1.83. The molecule has 0 aromatic carbocycles. The predicted molar refractivity (Wildman–Crippen MR) is 37.8 cm³/mol. The Morgan fingerprint density at radius 1 is 1.50 bits per heavy atom. The van der Waals surface area contributed by atoms with Gasteiger partial charge in [-0.05, 0) is 19.9 Å². The van der Waals surface area contributed by atoms with Crippen molar-refractivity contribution in [2.45, 2.75) is 13.8 Å². The molecule has 0 unspecified atom stereocenters. The molecule has 0 saturated heterocycles. The molecule has 0 spiro atoms. The van der Waals surface area contributed by atoms with Gasteiger partial charge >= 0.3 is 0 Å². The van der Waals surface area contributed by atoms with Crippen LogP contribution in [0, 0.1) is 0 Å². The van der Waals surface area contributed by atoms with Crippen LogP contribution >= 0.6 is 0 Å². The number of hydrogen-bond donors (Lipinski definition) is 2. The van der Waals surface area contributed by atoms with E-state index in [1.807, 2.05) is 19.9 Å².